The van der Waals surface area contributed by atoms with E-state index < -0.39 is 42.8 Å². The van der Waals surface area contributed by atoms with Crippen molar-refractivity contribution in [3.05, 3.63) is 0 Å². The van der Waals surface area contributed by atoms with Crippen LogP contribution in [0.15, 0.2) is 0 Å². The van der Waals surface area contributed by atoms with E-state index in [1.807, 2.05) is 0 Å². The monoisotopic (exact) mass is 224 g/mol. The van der Waals surface area contributed by atoms with E-state index in [1.165, 1.54) is 0 Å². The SMILES string of the molecule is O=C(O)OC1C(O)C(O)C(O)C(O)C1O. The van der Waals surface area contributed by atoms with E-state index in [2.05, 4.69) is 4.74 Å². The number of carboxylic acid groups (broad SMARTS) is 1. The van der Waals surface area contributed by atoms with E-state index in [0.29, 0.717) is 0 Å². The third-order valence-electron chi connectivity index (χ3n) is 2.31. The molecule has 0 saturated heterocycles. The Kier molecular flexibility index (Phi) is 3.47. The average molecular weight is 224 g/mol. The molecule has 0 amide bonds. The van der Waals surface area contributed by atoms with Crippen molar-refractivity contribution in [3.8, 4) is 0 Å². The van der Waals surface area contributed by atoms with Crippen LogP contribution in [0.4, 0.5) is 4.79 Å². The molecule has 1 saturated carbocycles. The van der Waals surface area contributed by atoms with Crippen molar-refractivity contribution in [2.75, 3.05) is 0 Å². The predicted octanol–water partition coefficient (Wildman–Crippen LogP) is -3.13. The van der Waals surface area contributed by atoms with Gasteiger partial charge in [-0.15, -0.1) is 0 Å². The van der Waals surface area contributed by atoms with Crippen LogP contribution in [0.3, 0.4) is 0 Å². The van der Waals surface area contributed by atoms with E-state index in [4.69, 9.17) is 10.2 Å². The van der Waals surface area contributed by atoms with Crippen molar-refractivity contribution in [1.82, 2.24) is 0 Å². The van der Waals surface area contributed by atoms with Crippen LogP contribution in [0.5, 0.6) is 0 Å². The van der Waals surface area contributed by atoms with Gasteiger partial charge in [0.1, 0.15) is 30.5 Å². The molecule has 0 radical (unpaired) electrons. The minimum Gasteiger partial charge on any atom is -0.450 e. The normalized spacial score (nSPS) is 46.2. The molecule has 1 fully saturated rings. The summed E-state index contributed by atoms with van der Waals surface area (Å²) in [5.41, 5.74) is 0. The van der Waals surface area contributed by atoms with Crippen LogP contribution in [-0.4, -0.2) is 73.4 Å². The second-order valence-corrected chi connectivity index (χ2v) is 3.30. The van der Waals surface area contributed by atoms with Crippen molar-refractivity contribution in [3.63, 3.8) is 0 Å². The summed E-state index contributed by atoms with van der Waals surface area (Å²) in [5, 5.41) is 54.3. The maximum atomic E-state index is 10.2. The summed E-state index contributed by atoms with van der Waals surface area (Å²) in [7, 11) is 0. The van der Waals surface area contributed by atoms with E-state index in [1.54, 1.807) is 0 Å². The number of hydrogen-bond donors (Lipinski definition) is 6. The topological polar surface area (TPSA) is 148 Å². The van der Waals surface area contributed by atoms with Gasteiger partial charge in [-0.25, -0.2) is 4.79 Å². The van der Waals surface area contributed by atoms with Crippen LogP contribution < -0.4 is 0 Å². The van der Waals surface area contributed by atoms with Gasteiger partial charge in [0.05, 0.1) is 0 Å². The van der Waals surface area contributed by atoms with Crippen molar-refractivity contribution in [2.45, 2.75) is 36.6 Å². The Morgan fingerprint density at radius 3 is 1.47 bits per heavy atom. The Bertz CT molecular complexity index is 227. The van der Waals surface area contributed by atoms with Crippen LogP contribution >= 0.6 is 0 Å². The van der Waals surface area contributed by atoms with E-state index in [-0.39, 0.29) is 0 Å². The Labute approximate surface area is 84.0 Å². The first-order valence-corrected chi connectivity index (χ1v) is 4.16. The minimum absolute atomic E-state index is 1.70. The molecule has 0 aromatic heterocycles. The molecular weight excluding hydrogens is 212 g/mol. The third kappa shape index (κ3) is 2.19. The smallest absolute Gasteiger partial charge is 0.450 e. The molecule has 1 aliphatic carbocycles. The highest BCUT2D eigenvalue weighted by Gasteiger charge is 2.50. The fourth-order valence-corrected chi connectivity index (χ4v) is 1.45. The molecule has 8 heteroatoms. The highest BCUT2D eigenvalue weighted by atomic mass is 16.7. The molecule has 0 spiro atoms. The van der Waals surface area contributed by atoms with Crippen molar-refractivity contribution < 1.29 is 40.2 Å². The zero-order valence-electron chi connectivity index (χ0n) is 7.46. The molecule has 6 N–H and O–H groups in total. The van der Waals surface area contributed by atoms with Gasteiger partial charge in [-0.2, -0.15) is 0 Å². The Balaban J connectivity index is 2.81. The van der Waals surface area contributed by atoms with Crippen molar-refractivity contribution in [1.29, 1.82) is 0 Å². The molecule has 4 atom stereocenters. The van der Waals surface area contributed by atoms with E-state index in [0.717, 1.165) is 0 Å². The zero-order valence-corrected chi connectivity index (χ0v) is 7.46. The number of aliphatic hydroxyl groups excluding tert-OH is 5. The Morgan fingerprint density at radius 1 is 0.800 bits per heavy atom. The van der Waals surface area contributed by atoms with Gasteiger partial charge < -0.3 is 35.4 Å². The summed E-state index contributed by atoms with van der Waals surface area (Å²) >= 11 is 0. The van der Waals surface area contributed by atoms with Crippen LogP contribution in [0.2, 0.25) is 0 Å². The van der Waals surface area contributed by atoms with Gasteiger partial charge in [0.15, 0.2) is 6.10 Å². The van der Waals surface area contributed by atoms with Crippen LogP contribution in [0.1, 0.15) is 0 Å². The Hall–Kier alpha value is -0.930. The first-order chi connectivity index (χ1) is 6.86. The van der Waals surface area contributed by atoms with Gasteiger partial charge >= 0.3 is 6.16 Å². The summed E-state index contributed by atoms with van der Waals surface area (Å²) in [6, 6.07) is 0. The summed E-state index contributed by atoms with van der Waals surface area (Å²) in [4.78, 5) is 10.2. The standard InChI is InChI=1S/C7H12O8/c8-1-2(9)4(11)6(15-7(13)14)5(12)3(1)10/h1-6,8-12H,(H,13,14). The fraction of sp³-hybridized carbons (Fsp3) is 0.857. The number of aliphatic hydroxyl groups is 5. The van der Waals surface area contributed by atoms with E-state index >= 15 is 0 Å². The molecule has 4 unspecified atom stereocenters. The van der Waals surface area contributed by atoms with Crippen molar-refractivity contribution in [2.24, 2.45) is 0 Å². The number of carbonyl (C=O) groups is 1. The van der Waals surface area contributed by atoms with Gasteiger partial charge in [-0.05, 0) is 0 Å². The first-order valence-electron chi connectivity index (χ1n) is 4.16. The number of rotatable bonds is 1. The molecule has 0 bridgehead atoms. The molecule has 15 heavy (non-hydrogen) atoms. The molecule has 8 nitrogen and oxygen atoms in total. The molecule has 0 aromatic carbocycles. The average Bonchev–Trinajstić information content (AvgIpc) is 2.18. The van der Waals surface area contributed by atoms with Gasteiger partial charge in [0.25, 0.3) is 0 Å². The van der Waals surface area contributed by atoms with Gasteiger partial charge in [-0.3, -0.25) is 0 Å². The highest BCUT2D eigenvalue weighted by molar-refractivity contribution is 5.57. The lowest BCUT2D eigenvalue weighted by atomic mass is 9.85. The molecule has 0 aliphatic heterocycles. The lowest BCUT2D eigenvalue weighted by Crippen LogP contribution is -2.64. The lowest BCUT2D eigenvalue weighted by molar-refractivity contribution is -0.225. The summed E-state index contributed by atoms with van der Waals surface area (Å²) in [6.45, 7) is 0. The summed E-state index contributed by atoms with van der Waals surface area (Å²) in [5.74, 6) is 0. The highest BCUT2D eigenvalue weighted by Crippen LogP contribution is 2.23. The van der Waals surface area contributed by atoms with Gasteiger partial charge in [0.2, 0.25) is 0 Å². The van der Waals surface area contributed by atoms with Gasteiger partial charge in [-0.1, -0.05) is 0 Å². The largest absolute Gasteiger partial charge is 0.506 e. The lowest BCUT2D eigenvalue weighted by Gasteiger charge is -2.40. The molecule has 88 valence electrons. The zero-order chi connectivity index (χ0) is 11.7. The number of ether oxygens (including phenoxy) is 1. The van der Waals surface area contributed by atoms with Gasteiger partial charge in [0, 0.05) is 0 Å². The van der Waals surface area contributed by atoms with Crippen molar-refractivity contribution >= 4 is 6.16 Å². The maximum absolute atomic E-state index is 10.2. The molecule has 0 heterocycles. The molecule has 0 aromatic rings. The minimum atomic E-state index is -1.80. The molecule has 1 rings (SSSR count). The second-order valence-electron chi connectivity index (χ2n) is 3.30. The third-order valence-corrected chi connectivity index (χ3v) is 2.31. The molecule has 1 aliphatic rings. The number of hydrogen-bond acceptors (Lipinski definition) is 7. The predicted molar refractivity (Wildman–Crippen MR) is 42.9 cm³/mol. The van der Waals surface area contributed by atoms with Crippen LogP contribution in [0.25, 0.3) is 0 Å². The van der Waals surface area contributed by atoms with Crippen LogP contribution in [0, 0.1) is 0 Å². The van der Waals surface area contributed by atoms with Crippen LogP contribution in [-0.2, 0) is 4.74 Å². The summed E-state index contributed by atoms with van der Waals surface area (Å²) in [6.07, 6.45) is -12.4. The summed E-state index contributed by atoms with van der Waals surface area (Å²) < 4.78 is 4.09. The maximum Gasteiger partial charge on any atom is 0.506 e. The quantitative estimate of drug-likeness (QED) is 0.256. The molecular formula is C7H12O8. The second kappa shape index (κ2) is 4.29. The Morgan fingerprint density at radius 2 is 1.13 bits per heavy atom. The fourth-order valence-electron chi connectivity index (χ4n) is 1.45. The van der Waals surface area contributed by atoms with E-state index in [9.17, 15) is 25.2 Å². The first kappa shape index (κ1) is 12.1.